The van der Waals surface area contributed by atoms with Gasteiger partial charge in [0.1, 0.15) is 11.6 Å². The monoisotopic (exact) mass is 236 g/mol. The van der Waals surface area contributed by atoms with Gasteiger partial charge in [0, 0.05) is 11.8 Å². The smallest absolute Gasteiger partial charge is 0.145 e. The van der Waals surface area contributed by atoms with Crippen LogP contribution in [0.15, 0.2) is 12.2 Å². The van der Waals surface area contributed by atoms with Crippen LogP contribution < -0.4 is 0 Å². The van der Waals surface area contributed by atoms with Crippen LogP contribution in [0, 0.1) is 70.0 Å². The highest BCUT2D eigenvalue weighted by molar-refractivity contribution is 6.14. The number of fused-ring (bicyclic) bond motifs is 1. The van der Waals surface area contributed by atoms with Crippen molar-refractivity contribution in [3.8, 4) is 0 Å². The minimum Gasteiger partial charge on any atom is -0.299 e. The zero-order valence-electron chi connectivity index (χ0n) is 9.74. The molecule has 0 saturated heterocycles. The number of ketones is 2. The highest BCUT2D eigenvalue weighted by Crippen LogP contribution is 3.02. The Hall–Kier alpha value is -0.920. The summed E-state index contributed by atoms with van der Waals surface area (Å²) in [7, 11) is 0. The Bertz CT molecular complexity index is 635. The first kappa shape index (κ1) is 7.62. The number of rotatable bonds is 0. The number of Topliss-reactive ketones (excluding diaryl/α,β-unsaturated/α-hetero) is 2. The Morgan fingerprint density at radius 2 is 1.22 bits per heavy atom. The summed E-state index contributed by atoms with van der Waals surface area (Å²) in [6.07, 6.45) is 4.68. The van der Waals surface area contributed by atoms with E-state index in [-0.39, 0.29) is 22.7 Å². The van der Waals surface area contributed by atoms with Gasteiger partial charge in [-0.1, -0.05) is 12.2 Å². The van der Waals surface area contributed by atoms with E-state index in [2.05, 4.69) is 12.2 Å². The van der Waals surface area contributed by atoms with Gasteiger partial charge in [-0.2, -0.15) is 0 Å². The second kappa shape index (κ2) is 1.52. The topological polar surface area (TPSA) is 34.1 Å². The van der Waals surface area contributed by atoms with Crippen LogP contribution in [0.1, 0.15) is 0 Å². The van der Waals surface area contributed by atoms with Gasteiger partial charge in [-0.15, -0.1) is 0 Å². The normalized spacial score (nSPS) is 87.3. The first-order chi connectivity index (χ1) is 8.79. The van der Waals surface area contributed by atoms with E-state index in [1.807, 2.05) is 0 Å². The van der Waals surface area contributed by atoms with Gasteiger partial charge in [-0.3, -0.25) is 9.59 Å². The van der Waals surface area contributed by atoms with E-state index < -0.39 is 0 Å². The molecule has 0 aromatic rings. The van der Waals surface area contributed by atoms with E-state index in [0.29, 0.717) is 53.0 Å². The summed E-state index contributed by atoms with van der Waals surface area (Å²) >= 11 is 0. The molecule has 2 spiro atoms. The fraction of sp³-hybridized carbons (Fsp3) is 0.750. The fourth-order valence-corrected chi connectivity index (χ4v) is 10.1. The van der Waals surface area contributed by atoms with Crippen LogP contribution >= 0.6 is 0 Å². The van der Waals surface area contributed by atoms with Gasteiger partial charge in [0.25, 0.3) is 0 Å². The maximum absolute atomic E-state index is 13.1. The first-order valence-corrected chi connectivity index (χ1v) is 7.56. The summed E-state index contributed by atoms with van der Waals surface area (Å²) in [6, 6.07) is 0. The molecule has 9 aliphatic carbocycles. The highest BCUT2D eigenvalue weighted by atomic mass is 16.2. The van der Waals surface area contributed by atoms with Crippen LogP contribution in [0.4, 0.5) is 0 Å². The first-order valence-electron chi connectivity index (χ1n) is 7.56. The second-order valence-electron chi connectivity index (χ2n) is 8.32. The molecule has 0 heterocycles. The van der Waals surface area contributed by atoms with Gasteiger partial charge >= 0.3 is 0 Å². The molecule has 9 rings (SSSR count). The van der Waals surface area contributed by atoms with Crippen molar-refractivity contribution in [2.75, 3.05) is 0 Å². The molecule has 8 saturated carbocycles. The van der Waals surface area contributed by atoms with Gasteiger partial charge in [0.2, 0.25) is 0 Å². The Balaban J connectivity index is 1.72. The summed E-state index contributed by atoms with van der Waals surface area (Å²) in [4.78, 5) is 26.1. The van der Waals surface area contributed by atoms with Crippen molar-refractivity contribution in [3.05, 3.63) is 12.2 Å². The fourth-order valence-electron chi connectivity index (χ4n) is 10.1. The summed E-state index contributed by atoms with van der Waals surface area (Å²) in [5.74, 6) is 6.63. The van der Waals surface area contributed by atoms with E-state index in [9.17, 15) is 9.59 Å². The summed E-state index contributed by atoms with van der Waals surface area (Å²) in [5.41, 5.74) is -0.273. The maximum Gasteiger partial charge on any atom is 0.145 e. The molecule has 18 heavy (non-hydrogen) atoms. The van der Waals surface area contributed by atoms with Crippen molar-refractivity contribution < 1.29 is 9.59 Å². The average Bonchev–Trinajstić information content (AvgIpc) is 3.06. The number of carbonyl (C=O) groups excluding carboxylic acids is 2. The van der Waals surface area contributed by atoms with Crippen LogP contribution in [0.5, 0.6) is 0 Å². The molecule has 0 radical (unpaired) electrons. The Labute approximate surface area is 104 Å². The SMILES string of the molecule is O=C1[C@@H]2[C@@H]3C(=O)[C@@]45[C@H]6C=C[C@H]7C6C6[C@@H]([C@@H]2[C@@H]3[C@H]64)[C@]175. The number of carbonyl (C=O) groups is 2. The molecule has 2 heteroatoms. The minimum absolute atomic E-state index is 0.137. The number of hydrogen-bond acceptors (Lipinski definition) is 2. The van der Waals surface area contributed by atoms with Gasteiger partial charge in [0.15, 0.2) is 0 Å². The van der Waals surface area contributed by atoms with Crippen LogP contribution in [-0.4, -0.2) is 11.6 Å². The van der Waals surface area contributed by atoms with Crippen molar-refractivity contribution in [1.82, 2.24) is 0 Å². The van der Waals surface area contributed by atoms with Gasteiger partial charge in [-0.05, 0) is 47.3 Å². The van der Waals surface area contributed by atoms with E-state index in [0.717, 1.165) is 5.92 Å². The number of allylic oxidation sites excluding steroid dienone is 2. The van der Waals surface area contributed by atoms with Crippen molar-refractivity contribution in [2.45, 2.75) is 0 Å². The molecule has 2 unspecified atom stereocenters. The van der Waals surface area contributed by atoms with E-state index in [1.165, 1.54) is 0 Å². The lowest BCUT2D eigenvalue weighted by Crippen LogP contribution is -2.57. The molecule has 9 aliphatic rings. The molecular weight excluding hydrogens is 224 g/mol. The van der Waals surface area contributed by atoms with E-state index >= 15 is 0 Å². The standard InChI is InChI=1S/C16H12O2/c17-13-8-6-7-9(8)14(18)16-4-2-1-3-5(4)10(12(7)16)11(6)15(3,13)16/h1-12H/t3-,4-,5?,6-,7+,8+,9-,10?,11+,12+,15+,16-/m0/s1. The van der Waals surface area contributed by atoms with Crippen molar-refractivity contribution in [3.63, 3.8) is 0 Å². The van der Waals surface area contributed by atoms with Crippen LogP contribution in [0.3, 0.4) is 0 Å². The Morgan fingerprint density at radius 3 is 1.72 bits per heavy atom. The molecular formula is C16H12O2. The zero-order chi connectivity index (χ0) is 11.3. The predicted molar refractivity (Wildman–Crippen MR) is 58.9 cm³/mol. The molecule has 8 fully saturated rings. The summed E-state index contributed by atoms with van der Waals surface area (Å²) in [6.45, 7) is 0. The largest absolute Gasteiger partial charge is 0.299 e. The second-order valence-corrected chi connectivity index (χ2v) is 8.32. The lowest BCUT2D eigenvalue weighted by Gasteiger charge is -2.47. The van der Waals surface area contributed by atoms with Crippen molar-refractivity contribution >= 4 is 11.6 Å². The predicted octanol–water partition coefficient (Wildman–Crippen LogP) is 0.924. The third kappa shape index (κ3) is 0.293. The molecule has 0 amide bonds. The molecule has 88 valence electrons. The third-order valence-corrected chi connectivity index (χ3v) is 9.33. The van der Waals surface area contributed by atoms with Gasteiger partial charge in [-0.25, -0.2) is 0 Å². The molecule has 8 bridgehead atoms. The summed E-state index contributed by atoms with van der Waals surface area (Å²) < 4.78 is 0. The quantitative estimate of drug-likeness (QED) is 0.586. The molecule has 0 aromatic carbocycles. The molecule has 12 atom stereocenters. The average molecular weight is 236 g/mol. The molecule has 0 N–H and O–H groups in total. The summed E-state index contributed by atoms with van der Waals surface area (Å²) in [5, 5.41) is 0. The molecule has 0 aromatic heterocycles. The van der Waals surface area contributed by atoms with Crippen LogP contribution in [0.25, 0.3) is 0 Å². The van der Waals surface area contributed by atoms with E-state index in [1.54, 1.807) is 0 Å². The third-order valence-electron chi connectivity index (χ3n) is 9.33. The van der Waals surface area contributed by atoms with E-state index in [4.69, 9.17) is 0 Å². The number of hydrogen-bond donors (Lipinski definition) is 0. The Kier molecular flexibility index (Phi) is 0.642. The van der Waals surface area contributed by atoms with Crippen molar-refractivity contribution in [1.29, 1.82) is 0 Å². The van der Waals surface area contributed by atoms with Crippen LogP contribution in [-0.2, 0) is 9.59 Å². The van der Waals surface area contributed by atoms with Gasteiger partial charge in [0.05, 0.1) is 10.8 Å². The maximum atomic E-state index is 13.1. The van der Waals surface area contributed by atoms with Crippen LogP contribution in [0.2, 0.25) is 0 Å². The van der Waals surface area contributed by atoms with Gasteiger partial charge < -0.3 is 0 Å². The molecule has 0 aliphatic heterocycles. The minimum atomic E-state index is -0.137. The Morgan fingerprint density at radius 1 is 0.722 bits per heavy atom. The zero-order valence-corrected chi connectivity index (χ0v) is 9.74. The molecule has 2 nitrogen and oxygen atoms in total. The lowest BCUT2D eigenvalue weighted by atomic mass is 9.52. The highest BCUT2D eigenvalue weighted by Gasteiger charge is 3.06. The lowest BCUT2D eigenvalue weighted by molar-refractivity contribution is -0.157. The van der Waals surface area contributed by atoms with Crippen molar-refractivity contribution in [2.24, 2.45) is 70.0 Å².